The van der Waals surface area contributed by atoms with Crippen molar-refractivity contribution in [2.45, 2.75) is 50.1 Å². The topological polar surface area (TPSA) is 66.9 Å². The first-order valence-corrected chi connectivity index (χ1v) is 10.7. The van der Waals surface area contributed by atoms with Gasteiger partial charge in [-0.05, 0) is 51.3 Å². The highest BCUT2D eigenvalue weighted by atomic mass is 35.5. The van der Waals surface area contributed by atoms with Gasteiger partial charge < -0.3 is 4.74 Å². The normalized spacial score (nSPS) is 21.9. The summed E-state index contributed by atoms with van der Waals surface area (Å²) in [5.41, 5.74) is 0.146. The molecule has 0 aliphatic carbocycles. The molecule has 0 N–H and O–H groups in total. The van der Waals surface area contributed by atoms with Crippen molar-refractivity contribution >= 4 is 39.3 Å². The van der Waals surface area contributed by atoms with Crippen LogP contribution in [0.4, 0.5) is 4.79 Å². The molecular weight excluding hydrogens is 399 g/mol. The standard InChI is InChI=1S/C17H22Cl2N2O4S/c1-11-8-12(18)9-14(19)15(11)26(23,24)20-6-4-13(5-7-20)21-16(22)25-10-17(21,2)3/h8-9,13H,4-7,10H2,1-3H3. The van der Waals surface area contributed by atoms with Crippen molar-refractivity contribution in [3.05, 3.63) is 27.7 Å². The van der Waals surface area contributed by atoms with Crippen LogP contribution in [0.5, 0.6) is 0 Å². The highest BCUT2D eigenvalue weighted by molar-refractivity contribution is 7.89. The molecule has 2 saturated heterocycles. The maximum Gasteiger partial charge on any atom is 0.410 e. The van der Waals surface area contributed by atoms with Gasteiger partial charge in [0, 0.05) is 24.2 Å². The third-order valence-electron chi connectivity index (χ3n) is 4.98. The molecule has 1 amide bonds. The van der Waals surface area contributed by atoms with E-state index in [-0.39, 0.29) is 27.6 Å². The van der Waals surface area contributed by atoms with Crippen molar-refractivity contribution in [2.24, 2.45) is 0 Å². The smallest absolute Gasteiger partial charge is 0.410 e. The zero-order valence-electron chi connectivity index (χ0n) is 15.0. The number of rotatable bonds is 3. The Balaban J connectivity index is 1.79. The second-order valence-electron chi connectivity index (χ2n) is 7.41. The molecule has 2 aliphatic rings. The van der Waals surface area contributed by atoms with Crippen LogP contribution in [0.3, 0.4) is 0 Å². The van der Waals surface area contributed by atoms with E-state index < -0.39 is 10.0 Å². The van der Waals surface area contributed by atoms with Crippen LogP contribution in [-0.2, 0) is 14.8 Å². The lowest BCUT2D eigenvalue weighted by Gasteiger charge is -2.40. The zero-order valence-corrected chi connectivity index (χ0v) is 17.3. The van der Waals surface area contributed by atoms with E-state index in [0.29, 0.717) is 43.1 Å². The minimum Gasteiger partial charge on any atom is -0.447 e. The molecule has 0 saturated carbocycles. The number of sulfonamides is 1. The number of carbonyl (C=O) groups is 1. The summed E-state index contributed by atoms with van der Waals surface area (Å²) in [4.78, 5) is 13.9. The Labute approximate surface area is 164 Å². The second-order valence-corrected chi connectivity index (χ2v) is 10.1. The van der Waals surface area contributed by atoms with Crippen molar-refractivity contribution in [1.29, 1.82) is 0 Å². The average Bonchev–Trinajstić information content (AvgIpc) is 2.79. The Morgan fingerprint density at radius 2 is 1.81 bits per heavy atom. The number of ether oxygens (including phenoxy) is 1. The summed E-state index contributed by atoms with van der Waals surface area (Å²) in [6, 6.07) is 3.00. The minimum atomic E-state index is -3.72. The van der Waals surface area contributed by atoms with Crippen LogP contribution < -0.4 is 0 Å². The second kappa shape index (κ2) is 6.86. The molecule has 1 aromatic rings. The molecule has 0 atom stereocenters. The van der Waals surface area contributed by atoms with Gasteiger partial charge in [0.2, 0.25) is 10.0 Å². The summed E-state index contributed by atoms with van der Waals surface area (Å²) < 4.78 is 32.7. The van der Waals surface area contributed by atoms with E-state index in [0.717, 1.165) is 0 Å². The van der Waals surface area contributed by atoms with E-state index in [4.69, 9.17) is 27.9 Å². The first-order valence-electron chi connectivity index (χ1n) is 8.46. The summed E-state index contributed by atoms with van der Waals surface area (Å²) in [6.45, 7) is 6.59. The molecule has 0 aromatic heterocycles. The van der Waals surface area contributed by atoms with Gasteiger partial charge in [-0.2, -0.15) is 4.31 Å². The van der Waals surface area contributed by atoms with Crippen molar-refractivity contribution in [1.82, 2.24) is 9.21 Å². The number of hydrogen-bond donors (Lipinski definition) is 0. The highest BCUT2D eigenvalue weighted by Crippen LogP contribution is 2.35. The predicted molar refractivity (Wildman–Crippen MR) is 100 cm³/mol. The highest BCUT2D eigenvalue weighted by Gasteiger charge is 2.45. The lowest BCUT2D eigenvalue weighted by molar-refractivity contribution is 0.104. The summed E-state index contributed by atoms with van der Waals surface area (Å²) in [5.74, 6) is 0. The third-order valence-corrected chi connectivity index (χ3v) is 7.71. The van der Waals surface area contributed by atoms with Crippen molar-refractivity contribution < 1.29 is 17.9 Å². The number of amides is 1. The number of cyclic esters (lactones) is 1. The fourth-order valence-corrected chi connectivity index (χ4v) is 6.36. The minimum absolute atomic E-state index is 0.0340. The molecule has 6 nitrogen and oxygen atoms in total. The Morgan fingerprint density at radius 1 is 1.19 bits per heavy atom. The van der Waals surface area contributed by atoms with Gasteiger partial charge in [0.1, 0.15) is 11.5 Å². The Kier molecular flexibility index (Phi) is 5.20. The number of hydrogen-bond acceptors (Lipinski definition) is 4. The molecule has 3 rings (SSSR count). The van der Waals surface area contributed by atoms with Crippen LogP contribution in [0.1, 0.15) is 32.3 Å². The molecule has 0 bridgehead atoms. The van der Waals surface area contributed by atoms with Crippen LogP contribution in [0.25, 0.3) is 0 Å². The van der Waals surface area contributed by atoms with E-state index in [1.807, 2.05) is 13.8 Å². The van der Waals surface area contributed by atoms with Crippen LogP contribution in [0, 0.1) is 6.92 Å². The Hall–Kier alpha value is -1.02. The van der Waals surface area contributed by atoms with E-state index in [1.54, 1.807) is 17.9 Å². The van der Waals surface area contributed by atoms with Crippen molar-refractivity contribution in [3.63, 3.8) is 0 Å². The van der Waals surface area contributed by atoms with Crippen LogP contribution in [0.15, 0.2) is 17.0 Å². The number of piperidine rings is 1. The molecule has 2 heterocycles. The van der Waals surface area contributed by atoms with Crippen LogP contribution in [0.2, 0.25) is 10.0 Å². The molecule has 2 aliphatic heterocycles. The van der Waals surface area contributed by atoms with Gasteiger partial charge in [-0.15, -0.1) is 0 Å². The van der Waals surface area contributed by atoms with Crippen LogP contribution in [-0.4, -0.2) is 55.0 Å². The van der Waals surface area contributed by atoms with Gasteiger partial charge in [0.15, 0.2) is 0 Å². The molecule has 2 fully saturated rings. The van der Waals surface area contributed by atoms with Gasteiger partial charge in [-0.25, -0.2) is 13.2 Å². The molecule has 0 radical (unpaired) electrons. The molecule has 144 valence electrons. The van der Waals surface area contributed by atoms with Gasteiger partial charge in [-0.3, -0.25) is 4.90 Å². The fraction of sp³-hybridized carbons (Fsp3) is 0.588. The van der Waals surface area contributed by atoms with E-state index in [9.17, 15) is 13.2 Å². The Morgan fingerprint density at radius 3 is 2.31 bits per heavy atom. The first kappa shape index (κ1) is 19.7. The fourth-order valence-electron chi connectivity index (χ4n) is 3.75. The first-order chi connectivity index (χ1) is 12.0. The van der Waals surface area contributed by atoms with E-state index >= 15 is 0 Å². The summed E-state index contributed by atoms with van der Waals surface area (Å²) in [6.07, 6.45) is 0.789. The molecule has 0 unspecified atom stereocenters. The van der Waals surface area contributed by atoms with Gasteiger partial charge >= 0.3 is 6.09 Å². The Bertz CT molecular complexity index is 810. The molecule has 26 heavy (non-hydrogen) atoms. The monoisotopic (exact) mass is 420 g/mol. The van der Waals surface area contributed by atoms with Crippen molar-refractivity contribution in [2.75, 3.05) is 19.7 Å². The van der Waals surface area contributed by atoms with E-state index in [2.05, 4.69) is 0 Å². The van der Waals surface area contributed by atoms with Gasteiger partial charge in [-0.1, -0.05) is 23.2 Å². The van der Waals surface area contributed by atoms with E-state index in [1.165, 1.54) is 10.4 Å². The largest absolute Gasteiger partial charge is 0.447 e. The zero-order chi connectivity index (χ0) is 19.3. The average molecular weight is 421 g/mol. The number of aryl methyl sites for hydroxylation is 1. The summed E-state index contributed by atoms with van der Waals surface area (Å²) in [5, 5.41) is 0.529. The molecule has 1 aromatic carbocycles. The molecule has 0 spiro atoms. The van der Waals surface area contributed by atoms with Gasteiger partial charge in [0.05, 0.1) is 10.6 Å². The maximum atomic E-state index is 13.1. The quantitative estimate of drug-likeness (QED) is 0.747. The predicted octanol–water partition coefficient (Wildman–Crippen LogP) is 3.69. The van der Waals surface area contributed by atoms with Crippen molar-refractivity contribution in [3.8, 4) is 0 Å². The maximum absolute atomic E-state index is 13.1. The molecular formula is C17H22Cl2N2O4S. The number of halogens is 2. The number of benzene rings is 1. The molecule has 9 heteroatoms. The lowest BCUT2D eigenvalue weighted by atomic mass is 9.98. The lowest BCUT2D eigenvalue weighted by Crippen LogP contribution is -2.53. The number of nitrogens with zero attached hydrogens (tertiary/aromatic N) is 2. The summed E-state index contributed by atoms with van der Waals surface area (Å²) >= 11 is 12.1. The number of carbonyl (C=O) groups excluding carboxylic acids is 1. The summed E-state index contributed by atoms with van der Waals surface area (Å²) in [7, 11) is -3.72. The van der Waals surface area contributed by atoms with Crippen LogP contribution >= 0.6 is 23.2 Å². The third kappa shape index (κ3) is 3.42. The SMILES string of the molecule is Cc1cc(Cl)cc(Cl)c1S(=O)(=O)N1CCC(N2C(=O)OCC2(C)C)CC1. The van der Waals surface area contributed by atoms with Gasteiger partial charge in [0.25, 0.3) is 0 Å².